The van der Waals surface area contributed by atoms with E-state index in [-0.39, 0.29) is 0 Å². The van der Waals surface area contributed by atoms with E-state index in [9.17, 15) is 0 Å². The molecule has 1 aromatic carbocycles. The van der Waals surface area contributed by atoms with Gasteiger partial charge in [-0.1, -0.05) is 38.8 Å². The van der Waals surface area contributed by atoms with E-state index in [1.807, 2.05) is 24.3 Å². The SMILES string of the molecule is CCCCc1nc2ccccc2nc1CCC. The first kappa shape index (κ1) is 12.0. The quantitative estimate of drug-likeness (QED) is 0.775. The molecule has 2 heteroatoms. The molecule has 2 nitrogen and oxygen atoms in total. The Hall–Kier alpha value is -1.44. The van der Waals surface area contributed by atoms with Gasteiger partial charge < -0.3 is 0 Å². The lowest BCUT2D eigenvalue weighted by atomic mass is 10.1. The average Bonchev–Trinajstić information content (AvgIpc) is 2.36. The highest BCUT2D eigenvalue weighted by molar-refractivity contribution is 5.74. The third-order valence-corrected chi connectivity index (χ3v) is 2.98. The summed E-state index contributed by atoms with van der Waals surface area (Å²) < 4.78 is 0. The summed E-state index contributed by atoms with van der Waals surface area (Å²) in [6.07, 6.45) is 5.64. The molecule has 0 saturated carbocycles. The Labute approximate surface area is 103 Å². The van der Waals surface area contributed by atoms with Crippen molar-refractivity contribution in [1.82, 2.24) is 9.97 Å². The fourth-order valence-corrected chi connectivity index (χ4v) is 2.05. The predicted octanol–water partition coefficient (Wildman–Crippen LogP) is 3.92. The number of hydrogen-bond donors (Lipinski definition) is 0. The van der Waals surface area contributed by atoms with Crippen molar-refractivity contribution < 1.29 is 0 Å². The second-order valence-electron chi connectivity index (χ2n) is 4.46. The third kappa shape index (κ3) is 2.82. The molecule has 0 fully saturated rings. The molecule has 1 aromatic heterocycles. The molecule has 0 amide bonds. The topological polar surface area (TPSA) is 25.8 Å². The highest BCUT2D eigenvalue weighted by atomic mass is 14.8. The van der Waals surface area contributed by atoms with Gasteiger partial charge in [-0.3, -0.25) is 0 Å². The van der Waals surface area contributed by atoms with E-state index in [0.717, 1.165) is 30.3 Å². The number of hydrogen-bond acceptors (Lipinski definition) is 2. The Kier molecular flexibility index (Phi) is 4.08. The molecule has 2 rings (SSSR count). The van der Waals surface area contributed by atoms with Crippen molar-refractivity contribution in [3.8, 4) is 0 Å². The summed E-state index contributed by atoms with van der Waals surface area (Å²) in [5.41, 5.74) is 4.45. The van der Waals surface area contributed by atoms with Crippen LogP contribution in [0.25, 0.3) is 11.0 Å². The van der Waals surface area contributed by atoms with Gasteiger partial charge in [-0.2, -0.15) is 0 Å². The zero-order valence-electron chi connectivity index (χ0n) is 10.7. The van der Waals surface area contributed by atoms with Crippen LogP contribution in [-0.2, 0) is 12.8 Å². The molecule has 0 aliphatic rings. The Bertz CT molecular complexity index is 491. The first-order valence-corrected chi connectivity index (χ1v) is 6.59. The van der Waals surface area contributed by atoms with Gasteiger partial charge in [-0.15, -0.1) is 0 Å². The summed E-state index contributed by atoms with van der Waals surface area (Å²) in [6.45, 7) is 4.41. The van der Waals surface area contributed by atoms with Gasteiger partial charge in [0, 0.05) is 0 Å². The molecule has 0 radical (unpaired) electrons. The van der Waals surface area contributed by atoms with Crippen LogP contribution in [0.15, 0.2) is 24.3 Å². The van der Waals surface area contributed by atoms with Gasteiger partial charge in [0.05, 0.1) is 22.4 Å². The van der Waals surface area contributed by atoms with Crippen LogP contribution >= 0.6 is 0 Å². The number of fused-ring (bicyclic) bond motifs is 1. The largest absolute Gasteiger partial charge is 0.249 e. The van der Waals surface area contributed by atoms with Crippen LogP contribution in [0.2, 0.25) is 0 Å². The van der Waals surface area contributed by atoms with Crippen molar-refractivity contribution in [3.05, 3.63) is 35.7 Å². The van der Waals surface area contributed by atoms with Crippen molar-refractivity contribution in [2.75, 3.05) is 0 Å². The van der Waals surface area contributed by atoms with Gasteiger partial charge in [-0.25, -0.2) is 9.97 Å². The number of para-hydroxylation sites is 2. The van der Waals surface area contributed by atoms with Crippen molar-refractivity contribution in [1.29, 1.82) is 0 Å². The van der Waals surface area contributed by atoms with Gasteiger partial charge in [0.2, 0.25) is 0 Å². The minimum atomic E-state index is 1.02. The molecule has 0 spiro atoms. The van der Waals surface area contributed by atoms with Gasteiger partial charge in [-0.05, 0) is 31.4 Å². The summed E-state index contributed by atoms with van der Waals surface area (Å²) in [4.78, 5) is 9.52. The zero-order chi connectivity index (χ0) is 12.1. The van der Waals surface area contributed by atoms with E-state index in [4.69, 9.17) is 9.97 Å². The highest BCUT2D eigenvalue weighted by Crippen LogP contribution is 2.16. The van der Waals surface area contributed by atoms with Crippen molar-refractivity contribution in [2.24, 2.45) is 0 Å². The van der Waals surface area contributed by atoms with Gasteiger partial charge in [0.1, 0.15) is 0 Å². The lowest BCUT2D eigenvalue weighted by Crippen LogP contribution is -2.02. The molecule has 17 heavy (non-hydrogen) atoms. The van der Waals surface area contributed by atoms with E-state index in [2.05, 4.69) is 13.8 Å². The molecular weight excluding hydrogens is 208 g/mol. The summed E-state index contributed by atoms with van der Waals surface area (Å²) in [7, 11) is 0. The monoisotopic (exact) mass is 228 g/mol. The predicted molar refractivity (Wildman–Crippen MR) is 72.1 cm³/mol. The lowest BCUT2D eigenvalue weighted by molar-refractivity contribution is 0.751. The van der Waals surface area contributed by atoms with Gasteiger partial charge >= 0.3 is 0 Å². The Morgan fingerprint density at radius 3 is 1.94 bits per heavy atom. The molecule has 0 unspecified atom stereocenters. The van der Waals surface area contributed by atoms with Crippen LogP contribution < -0.4 is 0 Å². The van der Waals surface area contributed by atoms with E-state index >= 15 is 0 Å². The zero-order valence-corrected chi connectivity index (χ0v) is 10.7. The normalized spacial score (nSPS) is 10.9. The fraction of sp³-hybridized carbons (Fsp3) is 0.467. The van der Waals surface area contributed by atoms with Crippen LogP contribution in [0.4, 0.5) is 0 Å². The number of nitrogens with zero attached hydrogens (tertiary/aromatic N) is 2. The van der Waals surface area contributed by atoms with Crippen LogP contribution in [0.5, 0.6) is 0 Å². The van der Waals surface area contributed by atoms with E-state index in [1.54, 1.807) is 0 Å². The van der Waals surface area contributed by atoms with Crippen LogP contribution in [-0.4, -0.2) is 9.97 Å². The molecule has 1 heterocycles. The van der Waals surface area contributed by atoms with Crippen LogP contribution in [0.3, 0.4) is 0 Å². The summed E-state index contributed by atoms with van der Waals surface area (Å²) in [5.74, 6) is 0. The second-order valence-corrected chi connectivity index (χ2v) is 4.46. The number of aromatic nitrogens is 2. The maximum absolute atomic E-state index is 4.77. The Balaban J connectivity index is 2.42. The first-order chi connectivity index (χ1) is 8.35. The Morgan fingerprint density at radius 2 is 1.41 bits per heavy atom. The molecular formula is C15H20N2. The van der Waals surface area contributed by atoms with E-state index in [0.29, 0.717) is 0 Å². The number of benzene rings is 1. The van der Waals surface area contributed by atoms with Gasteiger partial charge in [0.25, 0.3) is 0 Å². The molecule has 2 aromatic rings. The van der Waals surface area contributed by atoms with Crippen LogP contribution in [0, 0.1) is 0 Å². The van der Waals surface area contributed by atoms with E-state index < -0.39 is 0 Å². The molecule has 0 atom stereocenters. The maximum Gasteiger partial charge on any atom is 0.0890 e. The minimum Gasteiger partial charge on any atom is -0.249 e. The maximum atomic E-state index is 4.77. The molecule has 0 aliphatic heterocycles. The average molecular weight is 228 g/mol. The minimum absolute atomic E-state index is 1.02. The molecule has 0 saturated heterocycles. The fourth-order valence-electron chi connectivity index (χ4n) is 2.05. The van der Waals surface area contributed by atoms with E-state index in [1.165, 1.54) is 24.2 Å². The molecule has 90 valence electrons. The number of unbranched alkanes of at least 4 members (excludes halogenated alkanes) is 1. The summed E-state index contributed by atoms with van der Waals surface area (Å²) in [6, 6.07) is 8.15. The van der Waals surface area contributed by atoms with Gasteiger partial charge in [0.15, 0.2) is 0 Å². The third-order valence-electron chi connectivity index (χ3n) is 2.98. The summed E-state index contributed by atoms with van der Waals surface area (Å²) in [5, 5.41) is 0. The van der Waals surface area contributed by atoms with Crippen LogP contribution in [0.1, 0.15) is 44.5 Å². The summed E-state index contributed by atoms with van der Waals surface area (Å²) >= 11 is 0. The standard InChI is InChI=1S/C15H20N2/c1-3-5-9-13-12(8-4-2)16-14-10-6-7-11-15(14)17-13/h6-7,10-11H,3-5,8-9H2,1-2H3. The smallest absolute Gasteiger partial charge is 0.0890 e. The first-order valence-electron chi connectivity index (χ1n) is 6.59. The highest BCUT2D eigenvalue weighted by Gasteiger charge is 2.07. The molecule has 0 aliphatic carbocycles. The lowest BCUT2D eigenvalue weighted by Gasteiger charge is -2.08. The Morgan fingerprint density at radius 1 is 0.824 bits per heavy atom. The van der Waals surface area contributed by atoms with Crippen molar-refractivity contribution >= 4 is 11.0 Å². The van der Waals surface area contributed by atoms with Crippen molar-refractivity contribution in [2.45, 2.75) is 46.0 Å². The number of rotatable bonds is 5. The second kappa shape index (κ2) is 5.76. The molecule has 0 bridgehead atoms. The number of aryl methyl sites for hydroxylation is 2. The molecule has 0 N–H and O–H groups in total. The van der Waals surface area contributed by atoms with Crippen molar-refractivity contribution in [3.63, 3.8) is 0 Å².